The molecule has 0 spiro atoms. The van der Waals surface area contributed by atoms with Crippen molar-refractivity contribution in [1.29, 1.82) is 0 Å². The maximum atomic E-state index is 12.8. The van der Waals surface area contributed by atoms with Gasteiger partial charge in [0.15, 0.2) is 0 Å². The lowest BCUT2D eigenvalue weighted by Crippen LogP contribution is -2.64. The Kier molecular flexibility index (Phi) is 4.20. The highest BCUT2D eigenvalue weighted by Gasteiger charge is 2.50. The molecule has 1 aromatic rings. The number of carbonyl (C=O) groups is 4. The molecule has 8 heteroatoms. The number of esters is 1. The number of nitrogens with zero attached hydrogens (tertiary/aromatic N) is 2. The number of amides is 4. The fourth-order valence-corrected chi connectivity index (χ4v) is 3.09. The molecule has 126 valence electrons. The topological polar surface area (TPSA) is 96.0 Å². The van der Waals surface area contributed by atoms with Crippen molar-refractivity contribution >= 4 is 23.8 Å². The van der Waals surface area contributed by atoms with Gasteiger partial charge in [0, 0.05) is 6.54 Å². The number of rotatable bonds is 2. The number of benzene rings is 1. The highest BCUT2D eigenvalue weighted by molar-refractivity contribution is 6.33. The van der Waals surface area contributed by atoms with E-state index in [0.29, 0.717) is 6.42 Å². The molecule has 0 aliphatic carbocycles. The monoisotopic (exact) mass is 331 g/mol. The van der Waals surface area contributed by atoms with Crippen LogP contribution in [0.3, 0.4) is 0 Å². The van der Waals surface area contributed by atoms with E-state index in [1.807, 2.05) is 18.2 Å². The lowest BCUT2D eigenvalue weighted by atomic mass is 10.0. The average molecular weight is 331 g/mol. The molecule has 2 atom stereocenters. The van der Waals surface area contributed by atoms with Crippen LogP contribution in [0, 0.1) is 0 Å². The normalized spacial score (nSPS) is 22.9. The summed E-state index contributed by atoms with van der Waals surface area (Å²) >= 11 is 0. The van der Waals surface area contributed by atoms with Crippen molar-refractivity contribution in [2.45, 2.75) is 25.0 Å². The van der Waals surface area contributed by atoms with E-state index >= 15 is 0 Å². The fourth-order valence-electron chi connectivity index (χ4n) is 3.09. The molecule has 0 saturated carbocycles. The van der Waals surface area contributed by atoms with Crippen LogP contribution in [-0.2, 0) is 25.7 Å². The molecule has 8 nitrogen and oxygen atoms in total. The largest absolute Gasteiger partial charge is 0.462 e. The second kappa shape index (κ2) is 6.31. The Balaban J connectivity index is 1.82. The minimum absolute atomic E-state index is 0.106. The van der Waals surface area contributed by atoms with Gasteiger partial charge in [-0.05, 0) is 12.0 Å². The van der Waals surface area contributed by atoms with E-state index in [-0.39, 0.29) is 13.1 Å². The smallest absolute Gasteiger partial charge is 0.396 e. The molecular weight excluding hydrogens is 314 g/mol. The van der Waals surface area contributed by atoms with Crippen LogP contribution in [0.15, 0.2) is 30.3 Å². The molecule has 2 fully saturated rings. The van der Waals surface area contributed by atoms with Gasteiger partial charge in [-0.15, -0.1) is 0 Å². The summed E-state index contributed by atoms with van der Waals surface area (Å²) in [6, 6.07) is 7.23. The van der Waals surface area contributed by atoms with Crippen LogP contribution in [0.1, 0.15) is 12.0 Å². The number of imide groups is 1. The molecule has 0 radical (unpaired) electrons. The Morgan fingerprint density at radius 1 is 1.25 bits per heavy atom. The standard InChI is InChI=1S/C16H17N3O5/c1-24-15(22)14(21)18-8-7-11-12(18)13(20)19(16(23)17-11)9-10-5-3-2-4-6-10/h2-6,11-12H,7-9H2,1H3,(H,17,23)/t11-,12-/m0/s1. The third kappa shape index (κ3) is 2.70. The summed E-state index contributed by atoms with van der Waals surface area (Å²) in [6.45, 7) is 0.323. The molecule has 1 aromatic carbocycles. The summed E-state index contributed by atoms with van der Waals surface area (Å²) in [4.78, 5) is 50.8. The van der Waals surface area contributed by atoms with Crippen LogP contribution in [0.5, 0.6) is 0 Å². The van der Waals surface area contributed by atoms with E-state index in [1.54, 1.807) is 12.1 Å². The van der Waals surface area contributed by atoms with E-state index < -0.39 is 35.9 Å². The van der Waals surface area contributed by atoms with E-state index in [9.17, 15) is 19.2 Å². The minimum atomic E-state index is -1.02. The predicted octanol–water partition coefficient (Wildman–Crippen LogP) is -0.119. The van der Waals surface area contributed by atoms with E-state index in [4.69, 9.17) is 0 Å². The van der Waals surface area contributed by atoms with Gasteiger partial charge in [-0.2, -0.15) is 0 Å². The number of nitrogens with one attached hydrogen (secondary N) is 1. The van der Waals surface area contributed by atoms with Gasteiger partial charge in [-0.25, -0.2) is 9.59 Å². The molecule has 0 aromatic heterocycles. The van der Waals surface area contributed by atoms with Crippen molar-refractivity contribution in [2.24, 2.45) is 0 Å². The van der Waals surface area contributed by atoms with Crippen LogP contribution in [-0.4, -0.2) is 59.4 Å². The fraction of sp³-hybridized carbons (Fsp3) is 0.375. The average Bonchev–Trinajstić information content (AvgIpc) is 3.01. The summed E-state index contributed by atoms with van der Waals surface area (Å²) < 4.78 is 4.44. The third-order valence-corrected chi connectivity index (χ3v) is 4.28. The van der Waals surface area contributed by atoms with Crippen LogP contribution < -0.4 is 5.32 Å². The van der Waals surface area contributed by atoms with Crippen molar-refractivity contribution in [2.75, 3.05) is 13.7 Å². The molecule has 4 amide bonds. The summed E-state index contributed by atoms with van der Waals surface area (Å²) in [5.74, 6) is -2.37. The lowest BCUT2D eigenvalue weighted by molar-refractivity contribution is -0.160. The maximum absolute atomic E-state index is 12.8. The Morgan fingerprint density at radius 3 is 2.62 bits per heavy atom. The van der Waals surface area contributed by atoms with Crippen LogP contribution in [0.4, 0.5) is 4.79 Å². The molecule has 2 heterocycles. The van der Waals surface area contributed by atoms with Crippen molar-refractivity contribution in [1.82, 2.24) is 15.1 Å². The van der Waals surface area contributed by atoms with Gasteiger partial charge in [0.05, 0.1) is 19.7 Å². The summed E-state index contributed by atoms with van der Waals surface area (Å²) in [6.07, 6.45) is 0.421. The summed E-state index contributed by atoms with van der Waals surface area (Å²) in [5, 5.41) is 2.74. The number of ether oxygens (including phenoxy) is 1. The van der Waals surface area contributed by atoms with Crippen LogP contribution in [0.2, 0.25) is 0 Å². The molecule has 2 aliphatic heterocycles. The molecule has 2 saturated heterocycles. The molecule has 0 bridgehead atoms. The van der Waals surface area contributed by atoms with E-state index in [0.717, 1.165) is 17.6 Å². The first-order chi connectivity index (χ1) is 11.5. The SMILES string of the molecule is COC(=O)C(=O)N1CC[C@@H]2NC(=O)N(Cc3ccccc3)C(=O)[C@H]21. The number of hydrogen-bond acceptors (Lipinski definition) is 5. The Labute approximate surface area is 138 Å². The second-order valence-electron chi connectivity index (χ2n) is 5.69. The summed E-state index contributed by atoms with van der Waals surface area (Å²) in [5.41, 5.74) is 0.795. The van der Waals surface area contributed by atoms with Crippen LogP contribution >= 0.6 is 0 Å². The number of hydrogen-bond donors (Lipinski definition) is 1. The van der Waals surface area contributed by atoms with E-state index in [1.165, 1.54) is 4.90 Å². The maximum Gasteiger partial charge on any atom is 0.396 e. The van der Waals surface area contributed by atoms with E-state index in [2.05, 4.69) is 10.1 Å². The number of carbonyl (C=O) groups excluding carboxylic acids is 4. The Hall–Kier alpha value is -2.90. The number of methoxy groups -OCH3 is 1. The molecule has 0 unspecified atom stereocenters. The first-order valence-electron chi connectivity index (χ1n) is 7.57. The van der Waals surface area contributed by atoms with Crippen molar-refractivity contribution in [3.8, 4) is 0 Å². The van der Waals surface area contributed by atoms with Gasteiger partial charge in [0.1, 0.15) is 6.04 Å². The zero-order valence-electron chi connectivity index (χ0n) is 13.1. The molecule has 1 N–H and O–H groups in total. The molecule has 3 rings (SSSR count). The van der Waals surface area contributed by atoms with Gasteiger partial charge < -0.3 is 15.0 Å². The van der Waals surface area contributed by atoms with Gasteiger partial charge in [-0.1, -0.05) is 30.3 Å². The Bertz CT molecular complexity index is 690. The second-order valence-corrected chi connectivity index (χ2v) is 5.69. The minimum Gasteiger partial charge on any atom is -0.462 e. The van der Waals surface area contributed by atoms with Crippen molar-refractivity contribution in [3.05, 3.63) is 35.9 Å². The van der Waals surface area contributed by atoms with Crippen molar-refractivity contribution < 1.29 is 23.9 Å². The first kappa shape index (κ1) is 16.0. The van der Waals surface area contributed by atoms with Gasteiger partial charge in [-0.3, -0.25) is 14.5 Å². The highest BCUT2D eigenvalue weighted by atomic mass is 16.5. The zero-order valence-corrected chi connectivity index (χ0v) is 13.1. The molecule has 24 heavy (non-hydrogen) atoms. The third-order valence-electron chi connectivity index (χ3n) is 4.28. The Morgan fingerprint density at radius 2 is 1.96 bits per heavy atom. The zero-order chi connectivity index (χ0) is 17.3. The number of urea groups is 1. The number of likely N-dealkylation sites (tertiary alicyclic amines) is 1. The predicted molar refractivity (Wildman–Crippen MR) is 81.4 cm³/mol. The van der Waals surface area contributed by atoms with Crippen LogP contribution in [0.25, 0.3) is 0 Å². The lowest BCUT2D eigenvalue weighted by Gasteiger charge is -2.36. The van der Waals surface area contributed by atoms with Gasteiger partial charge in [0.2, 0.25) is 0 Å². The van der Waals surface area contributed by atoms with Gasteiger partial charge in [0.25, 0.3) is 5.91 Å². The van der Waals surface area contributed by atoms with Gasteiger partial charge >= 0.3 is 17.9 Å². The first-order valence-corrected chi connectivity index (χ1v) is 7.57. The number of fused-ring (bicyclic) bond motifs is 1. The van der Waals surface area contributed by atoms with Crippen molar-refractivity contribution in [3.63, 3.8) is 0 Å². The highest BCUT2D eigenvalue weighted by Crippen LogP contribution is 2.25. The molecular formula is C16H17N3O5. The summed E-state index contributed by atoms with van der Waals surface area (Å²) in [7, 11) is 1.11. The quantitative estimate of drug-likeness (QED) is 0.602. The molecule has 2 aliphatic rings.